The maximum Gasteiger partial charge on any atom is 0.405 e. The van der Waals surface area contributed by atoms with E-state index in [4.69, 9.17) is 0 Å². The summed E-state index contributed by atoms with van der Waals surface area (Å²) >= 11 is 0. The average Bonchev–Trinajstić information content (AvgIpc) is 2.86. The molecule has 28 heavy (non-hydrogen) atoms. The molecule has 1 atom stereocenters. The number of aromatic nitrogens is 3. The molecule has 0 saturated carbocycles. The maximum atomic E-state index is 13.3. The number of carbonyl (C=O) groups excluding carboxylic acids is 1. The Labute approximate surface area is 175 Å². The highest BCUT2D eigenvalue weighted by molar-refractivity contribution is 5.85. The van der Waals surface area contributed by atoms with Gasteiger partial charge in [-0.3, -0.25) is 14.6 Å². The van der Waals surface area contributed by atoms with E-state index in [1.165, 1.54) is 4.90 Å². The molecule has 0 aliphatic carbocycles. The molecule has 0 bridgehead atoms. The van der Waals surface area contributed by atoms with Crippen LogP contribution < -0.4 is 10.6 Å². The third-order valence-corrected chi connectivity index (χ3v) is 4.47. The van der Waals surface area contributed by atoms with Crippen molar-refractivity contribution in [3.05, 3.63) is 11.6 Å². The van der Waals surface area contributed by atoms with Gasteiger partial charge < -0.3 is 15.2 Å². The lowest BCUT2D eigenvalue weighted by Crippen LogP contribution is -2.57. The van der Waals surface area contributed by atoms with Gasteiger partial charge in [-0.1, -0.05) is 0 Å². The fourth-order valence-corrected chi connectivity index (χ4v) is 2.84. The first kappa shape index (κ1) is 26.9. The van der Waals surface area contributed by atoms with Gasteiger partial charge in [0.15, 0.2) is 0 Å². The summed E-state index contributed by atoms with van der Waals surface area (Å²) in [6.07, 6.45) is -4.38. The number of hydrogen-bond donors (Lipinski definition) is 2. The molecule has 0 aromatic carbocycles. The van der Waals surface area contributed by atoms with E-state index in [2.05, 4.69) is 20.8 Å². The second-order valence-corrected chi connectivity index (χ2v) is 6.54. The molecule has 1 aliphatic heterocycles. The molecule has 13 heteroatoms. The van der Waals surface area contributed by atoms with Gasteiger partial charge in [-0.2, -0.15) is 13.2 Å². The molecule has 0 radical (unpaired) electrons. The van der Waals surface area contributed by atoms with Crippen LogP contribution in [0.3, 0.4) is 0 Å². The molecule has 1 aromatic heterocycles. The van der Waals surface area contributed by atoms with Crippen LogP contribution in [-0.2, 0) is 18.4 Å². The topological polar surface area (TPSA) is 78.3 Å². The minimum atomic E-state index is -4.38. The lowest BCUT2D eigenvalue weighted by Gasteiger charge is -2.36. The van der Waals surface area contributed by atoms with Crippen LogP contribution in [0.25, 0.3) is 0 Å². The SMILES string of the molecule is Cc1nnc(CN(C)CC(=O)NCC(N2CCNCC2)C(F)(F)F)n1C.Cl.Cl. The molecular formula is C15H28Cl2F3N7O. The fraction of sp³-hybridized carbons (Fsp3) is 0.800. The van der Waals surface area contributed by atoms with Crippen LogP contribution in [0.2, 0.25) is 0 Å². The standard InChI is InChI=1S/C15H26F3N7O.2ClH/c1-11-21-22-13(24(11)3)9-23(2)10-14(26)20-8-12(15(16,17)18)25-6-4-19-5-7-25;;/h12,19H,4-10H2,1-3H3,(H,20,26);2*1H. The normalized spacial score (nSPS) is 16.2. The van der Waals surface area contributed by atoms with Crippen molar-refractivity contribution in [1.29, 1.82) is 0 Å². The van der Waals surface area contributed by atoms with E-state index in [0.29, 0.717) is 38.5 Å². The number of piperazine rings is 1. The van der Waals surface area contributed by atoms with Gasteiger partial charge in [-0.25, -0.2) is 0 Å². The molecule has 1 aliphatic rings. The zero-order valence-electron chi connectivity index (χ0n) is 16.1. The number of aryl methyl sites for hydroxylation is 1. The second-order valence-electron chi connectivity index (χ2n) is 6.54. The molecule has 164 valence electrons. The van der Waals surface area contributed by atoms with E-state index >= 15 is 0 Å². The van der Waals surface area contributed by atoms with E-state index < -0.39 is 24.7 Å². The molecular weight excluding hydrogens is 422 g/mol. The molecule has 1 aromatic rings. The van der Waals surface area contributed by atoms with E-state index in [1.807, 2.05) is 14.0 Å². The summed E-state index contributed by atoms with van der Waals surface area (Å²) in [6, 6.07) is -1.67. The fourth-order valence-electron chi connectivity index (χ4n) is 2.84. The largest absolute Gasteiger partial charge is 0.405 e. The molecule has 0 spiro atoms. The second kappa shape index (κ2) is 11.8. The van der Waals surface area contributed by atoms with Gasteiger partial charge in [-0.05, 0) is 14.0 Å². The van der Waals surface area contributed by atoms with Crippen molar-refractivity contribution in [2.24, 2.45) is 7.05 Å². The van der Waals surface area contributed by atoms with Gasteiger partial charge in [0.25, 0.3) is 0 Å². The zero-order valence-corrected chi connectivity index (χ0v) is 17.8. The summed E-state index contributed by atoms with van der Waals surface area (Å²) in [7, 11) is 3.53. The van der Waals surface area contributed by atoms with Crippen molar-refractivity contribution in [2.75, 3.05) is 46.3 Å². The predicted molar refractivity (Wildman–Crippen MR) is 104 cm³/mol. The number of likely N-dealkylation sites (N-methyl/N-ethyl adjacent to an activating group) is 1. The predicted octanol–water partition coefficient (Wildman–Crippen LogP) is 0.351. The van der Waals surface area contributed by atoms with Crippen molar-refractivity contribution < 1.29 is 18.0 Å². The Balaban J connectivity index is 0.00000364. The zero-order chi connectivity index (χ0) is 19.3. The van der Waals surface area contributed by atoms with Gasteiger partial charge >= 0.3 is 6.18 Å². The van der Waals surface area contributed by atoms with Crippen LogP contribution >= 0.6 is 24.8 Å². The number of hydrogen-bond acceptors (Lipinski definition) is 6. The Bertz CT molecular complexity index is 609. The minimum Gasteiger partial charge on any atom is -0.353 e. The smallest absolute Gasteiger partial charge is 0.353 e. The van der Waals surface area contributed by atoms with Crippen LogP contribution in [-0.4, -0.2) is 89.0 Å². The van der Waals surface area contributed by atoms with Gasteiger partial charge in [0.1, 0.15) is 17.7 Å². The maximum absolute atomic E-state index is 13.3. The third-order valence-electron chi connectivity index (χ3n) is 4.47. The van der Waals surface area contributed by atoms with Gasteiger partial charge in [0, 0.05) is 39.8 Å². The van der Waals surface area contributed by atoms with E-state index in [-0.39, 0.29) is 31.4 Å². The molecule has 1 fully saturated rings. The number of nitrogens with zero attached hydrogens (tertiary/aromatic N) is 5. The first-order valence-electron chi connectivity index (χ1n) is 8.50. The lowest BCUT2D eigenvalue weighted by molar-refractivity contribution is -0.184. The average molecular weight is 450 g/mol. The van der Waals surface area contributed by atoms with Crippen LogP contribution in [0.4, 0.5) is 13.2 Å². The first-order chi connectivity index (χ1) is 12.2. The van der Waals surface area contributed by atoms with Gasteiger partial charge in [0.05, 0.1) is 13.1 Å². The van der Waals surface area contributed by atoms with Gasteiger partial charge in [0.2, 0.25) is 5.91 Å². The number of amides is 1. The van der Waals surface area contributed by atoms with Crippen LogP contribution in [0.1, 0.15) is 11.6 Å². The highest BCUT2D eigenvalue weighted by Gasteiger charge is 2.43. The summed E-state index contributed by atoms with van der Waals surface area (Å²) in [5.74, 6) is 0.990. The first-order valence-corrected chi connectivity index (χ1v) is 8.50. The quantitative estimate of drug-likeness (QED) is 0.625. The number of nitrogens with one attached hydrogen (secondary N) is 2. The summed E-state index contributed by atoms with van der Waals surface area (Å²) in [5, 5.41) is 13.4. The van der Waals surface area contributed by atoms with Crippen molar-refractivity contribution in [3.8, 4) is 0 Å². The number of rotatable bonds is 7. The third kappa shape index (κ3) is 7.70. The van der Waals surface area contributed by atoms with Crippen molar-refractivity contribution in [2.45, 2.75) is 25.7 Å². The highest BCUT2D eigenvalue weighted by atomic mass is 35.5. The molecule has 1 saturated heterocycles. The van der Waals surface area contributed by atoms with Crippen molar-refractivity contribution in [1.82, 2.24) is 35.2 Å². The number of carbonyl (C=O) groups is 1. The summed E-state index contributed by atoms with van der Waals surface area (Å²) in [5.41, 5.74) is 0. The summed E-state index contributed by atoms with van der Waals surface area (Å²) < 4.78 is 41.7. The lowest BCUT2D eigenvalue weighted by atomic mass is 10.2. The molecule has 1 unspecified atom stereocenters. The van der Waals surface area contributed by atoms with E-state index in [9.17, 15) is 18.0 Å². The number of halogens is 5. The monoisotopic (exact) mass is 449 g/mol. The van der Waals surface area contributed by atoms with Crippen molar-refractivity contribution >= 4 is 30.7 Å². The highest BCUT2D eigenvalue weighted by Crippen LogP contribution is 2.24. The Morgan fingerprint density at radius 1 is 1.29 bits per heavy atom. The van der Waals surface area contributed by atoms with Crippen LogP contribution in [0.5, 0.6) is 0 Å². The summed E-state index contributed by atoms with van der Waals surface area (Å²) in [4.78, 5) is 15.1. The Hall–Kier alpha value is -1.14. The van der Waals surface area contributed by atoms with Gasteiger partial charge in [-0.15, -0.1) is 35.0 Å². The molecule has 8 nitrogen and oxygen atoms in total. The molecule has 2 heterocycles. The Morgan fingerprint density at radius 2 is 1.89 bits per heavy atom. The Morgan fingerprint density at radius 3 is 2.39 bits per heavy atom. The minimum absolute atomic E-state index is 0. The molecule has 1 amide bonds. The van der Waals surface area contributed by atoms with E-state index in [1.54, 1.807) is 16.5 Å². The van der Waals surface area contributed by atoms with Crippen LogP contribution in [0, 0.1) is 6.92 Å². The van der Waals surface area contributed by atoms with Crippen LogP contribution in [0.15, 0.2) is 0 Å². The molecule has 2 rings (SSSR count). The number of alkyl halides is 3. The Kier molecular flexibility index (Phi) is 11.3. The molecule has 2 N–H and O–H groups in total. The van der Waals surface area contributed by atoms with E-state index in [0.717, 1.165) is 5.82 Å². The summed E-state index contributed by atoms with van der Waals surface area (Å²) in [6.45, 7) is 3.39. The van der Waals surface area contributed by atoms with Crippen molar-refractivity contribution in [3.63, 3.8) is 0 Å².